The fourth-order valence-corrected chi connectivity index (χ4v) is 2.12. The summed E-state index contributed by atoms with van der Waals surface area (Å²) in [5.74, 6) is -1.12. The van der Waals surface area contributed by atoms with Crippen LogP contribution < -0.4 is 10.7 Å². The number of halogens is 3. The number of thiocarbonyl (C=S) groups is 1. The van der Waals surface area contributed by atoms with E-state index >= 15 is 0 Å². The average Bonchev–Trinajstić information content (AvgIpc) is 2.54. The quantitative estimate of drug-likeness (QED) is 0.436. The van der Waals surface area contributed by atoms with Gasteiger partial charge >= 0.3 is 12.1 Å². The van der Waals surface area contributed by atoms with Gasteiger partial charge in [-0.25, -0.2) is 4.79 Å². The van der Waals surface area contributed by atoms with Gasteiger partial charge in [0.2, 0.25) is 0 Å². The van der Waals surface area contributed by atoms with Crippen LogP contribution in [0.3, 0.4) is 0 Å². The molecule has 0 aromatic heterocycles. The zero-order chi connectivity index (χ0) is 18.4. The van der Waals surface area contributed by atoms with Crippen molar-refractivity contribution in [1.29, 1.82) is 0 Å². The molecule has 0 saturated heterocycles. The van der Waals surface area contributed by atoms with E-state index in [0.717, 1.165) is 6.07 Å². The Morgan fingerprint density at radius 2 is 1.76 bits per heavy atom. The number of alkyl halides is 3. The molecule has 5 nitrogen and oxygen atoms in total. The number of nitrogens with zero attached hydrogens (tertiary/aromatic N) is 1. The lowest BCUT2D eigenvalue weighted by Gasteiger charge is -2.14. The molecule has 0 aliphatic carbocycles. The molecule has 0 radical (unpaired) electrons. The first kappa shape index (κ1) is 18.4. The van der Waals surface area contributed by atoms with Crippen molar-refractivity contribution >= 4 is 35.2 Å². The molecule has 25 heavy (non-hydrogen) atoms. The molecule has 0 atom stereocenters. The molecule has 0 amide bonds. The molecule has 2 rings (SSSR count). The Balaban J connectivity index is 2.07. The van der Waals surface area contributed by atoms with E-state index in [1.54, 1.807) is 12.1 Å². The highest BCUT2D eigenvalue weighted by molar-refractivity contribution is 7.80. The van der Waals surface area contributed by atoms with E-state index in [1.165, 1.54) is 36.5 Å². The molecule has 0 fully saturated rings. The number of aromatic carboxylic acids is 1. The number of para-hydroxylation sites is 1. The van der Waals surface area contributed by atoms with Gasteiger partial charge < -0.3 is 10.4 Å². The topological polar surface area (TPSA) is 73.7 Å². The summed E-state index contributed by atoms with van der Waals surface area (Å²) >= 11 is 4.90. The average molecular weight is 367 g/mol. The predicted molar refractivity (Wildman–Crippen MR) is 91.8 cm³/mol. The maximum Gasteiger partial charge on any atom is 0.418 e. The number of hydrogen-bond donors (Lipinski definition) is 3. The number of carboxylic acids is 1. The van der Waals surface area contributed by atoms with Crippen molar-refractivity contribution in [1.82, 2.24) is 5.43 Å². The summed E-state index contributed by atoms with van der Waals surface area (Å²) in [5, 5.41) is 15.0. The Bertz CT molecular complexity index is 822. The molecule has 9 heteroatoms. The lowest BCUT2D eigenvalue weighted by atomic mass is 10.1. The van der Waals surface area contributed by atoms with Crippen LogP contribution in [0.1, 0.15) is 21.5 Å². The van der Waals surface area contributed by atoms with Crippen molar-refractivity contribution in [2.45, 2.75) is 6.18 Å². The van der Waals surface area contributed by atoms with Crippen LogP contribution in [0.5, 0.6) is 0 Å². The standard InChI is InChI=1S/C16H12F3N3O2S/c17-16(18,19)12-7-3-4-8-13(12)21-15(25)22-20-9-10-5-1-2-6-11(10)14(23)24/h1-9H,(H,23,24)(H2,21,22,25). The molecular weight excluding hydrogens is 355 g/mol. The van der Waals surface area contributed by atoms with Gasteiger partial charge in [0.15, 0.2) is 5.11 Å². The zero-order valence-corrected chi connectivity index (χ0v) is 13.4. The van der Waals surface area contributed by atoms with Gasteiger partial charge in [-0.1, -0.05) is 30.3 Å². The van der Waals surface area contributed by atoms with Gasteiger partial charge in [0.25, 0.3) is 0 Å². The highest BCUT2D eigenvalue weighted by atomic mass is 32.1. The molecule has 0 bridgehead atoms. The molecule has 0 aliphatic heterocycles. The Labute approximate surface area is 146 Å². The van der Waals surface area contributed by atoms with E-state index in [9.17, 15) is 18.0 Å². The largest absolute Gasteiger partial charge is 0.478 e. The number of hydrazone groups is 1. The molecule has 0 saturated carbocycles. The van der Waals surface area contributed by atoms with E-state index in [4.69, 9.17) is 17.3 Å². The summed E-state index contributed by atoms with van der Waals surface area (Å²) < 4.78 is 38.7. The second kappa shape index (κ2) is 7.75. The Morgan fingerprint density at radius 1 is 1.12 bits per heavy atom. The van der Waals surface area contributed by atoms with Gasteiger partial charge in [-0.3, -0.25) is 5.43 Å². The van der Waals surface area contributed by atoms with Crippen LogP contribution in [0.2, 0.25) is 0 Å². The third kappa shape index (κ3) is 5.01. The van der Waals surface area contributed by atoms with Gasteiger partial charge in [0.1, 0.15) is 0 Å². The van der Waals surface area contributed by atoms with Crippen LogP contribution in [-0.4, -0.2) is 22.4 Å². The summed E-state index contributed by atoms with van der Waals surface area (Å²) in [6.45, 7) is 0. The summed E-state index contributed by atoms with van der Waals surface area (Å²) in [6.07, 6.45) is -3.31. The number of rotatable bonds is 4. The molecule has 2 aromatic rings. The molecule has 3 N–H and O–H groups in total. The normalized spacial score (nSPS) is 11.3. The minimum absolute atomic E-state index is 0.0364. The van der Waals surface area contributed by atoms with Gasteiger partial charge in [-0.15, -0.1) is 0 Å². The second-order valence-electron chi connectivity index (χ2n) is 4.76. The molecule has 0 aliphatic rings. The smallest absolute Gasteiger partial charge is 0.418 e. The minimum atomic E-state index is -4.52. The Hall–Kier alpha value is -2.94. The van der Waals surface area contributed by atoms with E-state index < -0.39 is 17.7 Å². The van der Waals surface area contributed by atoms with Crippen molar-refractivity contribution in [3.8, 4) is 0 Å². The number of anilines is 1. The predicted octanol–water partition coefficient (Wildman–Crippen LogP) is 3.72. The van der Waals surface area contributed by atoms with Crippen LogP contribution in [0.4, 0.5) is 18.9 Å². The summed E-state index contributed by atoms with van der Waals surface area (Å²) in [6, 6.07) is 11.0. The van der Waals surface area contributed by atoms with Crippen molar-refractivity contribution < 1.29 is 23.1 Å². The lowest BCUT2D eigenvalue weighted by molar-refractivity contribution is -0.136. The van der Waals surface area contributed by atoms with E-state index in [-0.39, 0.29) is 16.4 Å². The highest BCUT2D eigenvalue weighted by Gasteiger charge is 2.33. The van der Waals surface area contributed by atoms with Gasteiger partial charge in [0.05, 0.1) is 23.0 Å². The SMILES string of the molecule is O=C(O)c1ccccc1C=NNC(=S)Nc1ccccc1C(F)(F)F. The maximum atomic E-state index is 12.9. The number of benzene rings is 2. The minimum Gasteiger partial charge on any atom is -0.478 e. The van der Waals surface area contributed by atoms with Gasteiger partial charge in [0, 0.05) is 5.56 Å². The molecule has 0 unspecified atom stereocenters. The summed E-state index contributed by atoms with van der Waals surface area (Å²) in [5.41, 5.74) is 1.63. The first-order chi connectivity index (χ1) is 11.8. The third-order valence-electron chi connectivity index (χ3n) is 3.04. The molecule has 0 heterocycles. The third-order valence-corrected chi connectivity index (χ3v) is 3.23. The van der Waals surface area contributed by atoms with Crippen LogP contribution in [0.25, 0.3) is 0 Å². The first-order valence-electron chi connectivity index (χ1n) is 6.87. The molecule has 0 spiro atoms. The maximum absolute atomic E-state index is 12.9. The van der Waals surface area contributed by atoms with Crippen LogP contribution in [0.15, 0.2) is 53.6 Å². The number of carbonyl (C=O) groups is 1. The van der Waals surface area contributed by atoms with Gasteiger partial charge in [-0.05, 0) is 30.4 Å². The monoisotopic (exact) mass is 367 g/mol. The van der Waals surface area contributed by atoms with Crippen LogP contribution in [-0.2, 0) is 6.18 Å². The van der Waals surface area contributed by atoms with Crippen molar-refractivity contribution in [3.05, 3.63) is 65.2 Å². The van der Waals surface area contributed by atoms with Crippen molar-refractivity contribution in [2.75, 3.05) is 5.32 Å². The van der Waals surface area contributed by atoms with Crippen LogP contribution >= 0.6 is 12.2 Å². The lowest BCUT2D eigenvalue weighted by Crippen LogP contribution is -2.25. The fourth-order valence-electron chi connectivity index (χ4n) is 1.95. The van der Waals surface area contributed by atoms with Gasteiger partial charge in [-0.2, -0.15) is 18.3 Å². The fraction of sp³-hybridized carbons (Fsp3) is 0.0625. The van der Waals surface area contributed by atoms with E-state index in [2.05, 4.69) is 15.8 Å². The van der Waals surface area contributed by atoms with Crippen LogP contribution in [0, 0.1) is 0 Å². The highest BCUT2D eigenvalue weighted by Crippen LogP contribution is 2.34. The van der Waals surface area contributed by atoms with Crippen molar-refractivity contribution in [2.24, 2.45) is 5.10 Å². The van der Waals surface area contributed by atoms with E-state index in [1.807, 2.05) is 0 Å². The Kier molecular flexibility index (Phi) is 5.71. The second-order valence-corrected chi connectivity index (χ2v) is 5.17. The molecule has 2 aromatic carbocycles. The summed E-state index contributed by atoms with van der Waals surface area (Å²) in [7, 11) is 0. The molecular formula is C16H12F3N3O2S. The zero-order valence-electron chi connectivity index (χ0n) is 12.5. The Morgan fingerprint density at radius 3 is 2.44 bits per heavy atom. The van der Waals surface area contributed by atoms with Crippen molar-refractivity contribution in [3.63, 3.8) is 0 Å². The summed E-state index contributed by atoms with van der Waals surface area (Å²) in [4.78, 5) is 11.1. The first-order valence-corrected chi connectivity index (χ1v) is 7.28. The number of hydrogen-bond acceptors (Lipinski definition) is 3. The number of nitrogens with one attached hydrogen (secondary N) is 2. The molecule has 130 valence electrons. The van der Waals surface area contributed by atoms with E-state index in [0.29, 0.717) is 5.56 Å². The number of carboxylic acid groups (broad SMARTS) is 1.